The third-order valence-corrected chi connectivity index (χ3v) is 11.0. The zero-order chi connectivity index (χ0) is 40.6. The largest absolute Gasteiger partial charge is 0.383 e. The van der Waals surface area contributed by atoms with Crippen LogP contribution >= 0.6 is 0 Å². The SMILES string of the molecule is C1=CC(Cc2ccccc2)=CCC1.CC(C)C.CC1(C)C(c2ccccc2)=Nc2c1ccc1c2C2C=CC=CC2N1c1ccc(-c2ccc(/C(N)=N/CN)cc2)cc1. The average Bonchev–Trinajstić information content (AvgIpc) is 3.73. The van der Waals surface area contributed by atoms with Gasteiger partial charge in [0.25, 0.3) is 0 Å². The Balaban J connectivity index is 0.000000251. The van der Waals surface area contributed by atoms with Gasteiger partial charge >= 0.3 is 0 Å². The number of allylic oxidation sites excluding steroid dienone is 6. The summed E-state index contributed by atoms with van der Waals surface area (Å²) < 4.78 is 0. The first-order valence-corrected chi connectivity index (χ1v) is 20.7. The van der Waals surface area contributed by atoms with E-state index in [4.69, 9.17) is 16.5 Å². The van der Waals surface area contributed by atoms with Crippen molar-refractivity contribution in [1.82, 2.24) is 0 Å². The summed E-state index contributed by atoms with van der Waals surface area (Å²) in [5.74, 6) is 1.54. The van der Waals surface area contributed by atoms with E-state index in [9.17, 15) is 0 Å². The maximum absolute atomic E-state index is 6.01. The third kappa shape index (κ3) is 8.75. The molecule has 58 heavy (non-hydrogen) atoms. The highest BCUT2D eigenvalue weighted by molar-refractivity contribution is 6.13. The second-order valence-corrected chi connectivity index (χ2v) is 16.5. The van der Waals surface area contributed by atoms with Gasteiger partial charge in [0.2, 0.25) is 0 Å². The van der Waals surface area contributed by atoms with Crippen LogP contribution in [0.2, 0.25) is 0 Å². The van der Waals surface area contributed by atoms with Crippen molar-refractivity contribution in [2.24, 2.45) is 27.4 Å². The van der Waals surface area contributed by atoms with Crippen LogP contribution in [0.4, 0.5) is 17.1 Å². The summed E-state index contributed by atoms with van der Waals surface area (Å²) >= 11 is 0. The standard InChI is InChI=1S/C36H33N5.C13H14.C4H10/c1-36(2)29-20-21-31-32(33(29)40-34(36)25-8-4-3-5-9-25)28-10-6-7-11-30(28)41(31)27-18-16-24(17-19-27)23-12-14-26(15-13-23)35(38)39-22-37;1-3-7-12(8-4-1)11-13-9-5-2-6-10-13;1-4(2)3/h3-21,28,30H,22,37H2,1-2H3,(H2,38,39);1,3-5,7-10H,2,6,11H2;4H,1-3H3. The maximum atomic E-state index is 6.01. The number of hydrogen-bond acceptors (Lipinski definition) is 4. The van der Waals surface area contributed by atoms with Crippen LogP contribution in [0.15, 0.2) is 179 Å². The number of aliphatic imine (C=N–C) groups is 2. The topological polar surface area (TPSA) is 80.0 Å². The van der Waals surface area contributed by atoms with Crippen molar-refractivity contribution in [3.05, 3.63) is 197 Å². The lowest BCUT2D eigenvalue weighted by molar-refractivity contribution is 0.732. The van der Waals surface area contributed by atoms with Gasteiger partial charge in [0.05, 0.1) is 24.1 Å². The minimum absolute atomic E-state index is 0.166. The molecule has 0 spiro atoms. The molecule has 294 valence electrons. The molecule has 0 saturated carbocycles. The van der Waals surface area contributed by atoms with Crippen molar-refractivity contribution in [3.63, 3.8) is 0 Å². The summed E-state index contributed by atoms with van der Waals surface area (Å²) in [5, 5.41) is 0. The molecule has 0 radical (unpaired) electrons. The first kappa shape index (κ1) is 40.2. The number of rotatable bonds is 7. The van der Waals surface area contributed by atoms with Crippen molar-refractivity contribution in [1.29, 1.82) is 0 Å². The van der Waals surface area contributed by atoms with Gasteiger partial charge in [-0.25, -0.2) is 0 Å². The van der Waals surface area contributed by atoms with Gasteiger partial charge in [0, 0.05) is 33.8 Å². The van der Waals surface area contributed by atoms with E-state index in [1.165, 1.54) is 52.0 Å². The normalized spacial score (nSPS) is 18.3. The second kappa shape index (κ2) is 18.0. The predicted octanol–water partition coefficient (Wildman–Crippen LogP) is 12.3. The Kier molecular flexibility index (Phi) is 12.5. The summed E-state index contributed by atoms with van der Waals surface area (Å²) in [6, 6.07) is 43.0. The zero-order valence-electron chi connectivity index (χ0n) is 34.6. The number of amidine groups is 1. The Morgan fingerprint density at radius 3 is 2.05 bits per heavy atom. The molecule has 2 aliphatic heterocycles. The summed E-state index contributed by atoms with van der Waals surface area (Å²) in [5.41, 5.74) is 25.8. The van der Waals surface area contributed by atoms with E-state index in [1.807, 2.05) is 12.1 Å². The number of fused-ring (bicyclic) bond motifs is 5. The molecule has 5 heteroatoms. The highest BCUT2D eigenvalue weighted by Crippen LogP contribution is 2.56. The van der Waals surface area contributed by atoms with E-state index in [1.54, 1.807) is 0 Å². The van der Waals surface area contributed by atoms with Crippen molar-refractivity contribution < 1.29 is 0 Å². The lowest BCUT2D eigenvalue weighted by Crippen LogP contribution is -2.28. The van der Waals surface area contributed by atoms with Crippen LogP contribution in [0, 0.1) is 5.92 Å². The lowest BCUT2D eigenvalue weighted by atomic mass is 9.77. The van der Waals surface area contributed by atoms with Gasteiger partial charge in [-0.2, -0.15) is 0 Å². The first-order valence-electron chi connectivity index (χ1n) is 20.7. The molecule has 5 aromatic carbocycles. The molecule has 0 fully saturated rings. The van der Waals surface area contributed by atoms with Crippen LogP contribution in [0.1, 0.15) is 81.2 Å². The lowest BCUT2D eigenvalue weighted by Gasteiger charge is -2.29. The van der Waals surface area contributed by atoms with Gasteiger partial charge in [-0.1, -0.05) is 180 Å². The van der Waals surface area contributed by atoms with Gasteiger partial charge < -0.3 is 16.4 Å². The minimum atomic E-state index is -0.166. The van der Waals surface area contributed by atoms with Crippen molar-refractivity contribution in [2.75, 3.05) is 11.6 Å². The van der Waals surface area contributed by atoms with Crippen LogP contribution in [0.5, 0.6) is 0 Å². The van der Waals surface area contributed by atoms with Gasteiger partial charge in [0.15, 0.2) is 0 Å². The Morgan fingerprint density at radius 2 is 1.41 bits per heavy atom. The smallest absolute Gasteiger partial charge is 0.127 e. The van der Waals surface area contributed by atoms with E-state index in [-0.39, 0.29) is 24.0 Å². The van der Waals surface area contributed by atoms with Crippen LogP contribution in [-0.2, 0) is 11.8 Å². The summed E-state index contributed by atoms with van der Waals surface area (Å²) in [4.78, 5) is 11.9. The monoisotopic (exact) mass is 763 g/mol. The molecule has 0 bridgehead atoms. The fourth-order valence-corrected chi connectivity index (χ4v) is 8.21. The number of hydrogen-bond donors (Lipinski definition) is 2. The van der Waals surface area contributed by atoms with E-state index < -0.39 is 0 Å². The van der Waals surface area contributed by atoms with Crippen LogP contribution in [0.3, 0.4) is 0 Å². The fraction of sp³-hybridized carbons (Fsp3) is 0.245. The fourth-order valence-electron chi connectivity index (χ4n) is 8.21. The van der Waals surface area contributed by atoms with Crippen molar-refractivity contribution in [2.45, 2.75) is 71.3 Å². The molecule has 4 aliphatic rings. The average molecular weight is 764 g/mol. The zero-order valence-corrected chi connectivity index (χ0v) is 34.6. The van der Waals surface area contributed by atoms with E-state index in [0.717, 1.165) is 40.4 Å². The minimum Gasteiger partial charge on any atom is -0.383 e. The Hall–Kier alpha value is -6.04. The molecule has 2 heterocycles. The van der Waals surface area contributed by atoms with Crippen molar-refractivity contribution >= 4 is 28.6 Å². The number of anilines is 2. The quantitative estimate of drug-likeness (QED) is 0.128. The Labute approximate surface area is 346 Å². The third-order valence-electron chi connectivity index (χ3n) is 11.0. The Bertz CT molecular complexity index is 2360. The number of nitrogens with two attached hydrogens (primary N) is 2. The first-order chi connectivity index (χ1) is 28.2. The highest BCUT2D eigenvalue weighted by atomic mass is 15.2. The summed E-state index contributed by atoms with van der Waals surface area (Å²) in [6.07, 6.45) is 19.3. The van der Waals surface area contributed by atoms with Crippen molar-refractivity contribution in [3.8, 4) is 11.1 Å². The molecule has 5 aromatic rings. The maximum Gasteiger partial charge on any atom is 0.127 e. The molecule has 5 nitrogen and oxygen atoms in total. The molecular weight excluding hydrogens is 707 g/mol. The van der Waals surface area contributed by atoms with Gasteiger partial charge in [-0.05, 0) is 76.8 Å². The second-order valence-electron chi connectivity index (χ2n) is 16.5. The van der Waals surface area contributed by atoms with E-state index in [2.05, 4.69) is 196 Å². The molecule has 0 aromatic heterocycles. The molecule has 4 N–H and O–H groups in total. The van der Waals surface area contributed by atoms with E-state index in [0.29, 0.717) is 5.84 Å². The molecule has 0 amide bonds. The van der Waals surface area contributed by atoms with Gasteiger partial charge in [-0.3, -0.25) is 9.98 Å². The summed E-state index contributed by atoms with van der Waals surface area (Å²) in [6.45, 7) is 11.3. The van der Waals surface area contributed by atoms with Crippen LogP contribution < -0.4 is 16.4 Å². The molecule has 2 atom stereocenters. The molecule has 2 aliphatic carbocycles. The van der Waals surface area contributed by atoms with E-state index >= 15 is 0 Å². The molecular formula is C53H57N5. The molecule has 0 saturated heterocycles. The van der Waals surface area contributed by atoms with Gasteiger partial charge in [0.1, 0.15) is 5.84 Å². The number of benzene rings is 5. The molecule has 9 rings (SSSR count). The predicted molar refractivity (Wildman–Crippen MR) is 248 cm³/mol. The van der Waals surface area contributed by atoms with Crippen LogP contribution in [0.25, 0.3) is 11.1 Å². The molecule has 2 unspecified atom stereocenters. The van der Waals surface area contributed by atoms with Crippen LogP contribution in [-0.4, -0.2) is 24.3 Å². The highest BCUT2D eigenvalue weighted by Gasteiger charge is 2.44. The number of nitrogens with zero attached hydrogens (tertiary/aromatic N) is 3. The van der Waals surface area contributed by atoms with Gasteiger partial charge in [-0.15, -0.1) is 0 Å². The Morgan fingerprint density at radius 1 is 0.776 bits per heavy atom. The summed E-state index contributed by atoms with van der Waals surface area (Å²) in [7, 11) is 0.